The maximum absolute atomic E-state index is 5.89. The number of thiophene rings is 1. The Hall–Kier alpha value is -0.0900. The van der Waals surface area contributed by atoms with Gasteiger partial charge in [0, 0.05) is 24.1 Å². The molecule has 92 valence electrons. The van der Waals surface area contributed by atoms with Gasteiger partial charge in [0.1, 0.15) is 0 Å². The van der Waals surface area contributed by atoms with E-state index in [2.05, 4.69) is 25.2 Å². The van der Waals surface area contributed by atoms with Crippen molar-refractivity contribution in [2.75, 3.05) is 13.2 Å². The Labute approximate surface area is 107 Å². The highest BCUT2D eigenvalue weighted by molar-refractivity contribution is 7.16. The molecular weight excluding hydrogens is 242 g/mol. The lowest BCUT2D eigenvalue weighted by Crippen LogP contribution is -2.37. The summed E-state index contributed by atoms with van der Waals surface area (Å²) in [6, 6.07) is 4.41. The molecule has 0 aliphatic rings. The predicted octanol–water partition coefficient (Wildman–Crippen LogP) is 3.55. The van der Waals surface area contributed by atoms with Crippen molar-refractivity contribution < 1.29 is 4.74 Å². The summed E-state index contributed by atoms with van der Waals surface area (Å²) in [4.78, 5) is 1.27. The zero-order valence-electron chi connectivity index (χ0n) is 10.1. The third-order valence-corrected chi connectivity index (χ3v) is 3.70. The highest BCUT2D eigenvalue weighted by atomic mass is 35.5. The van der Waals surface area contributed by atoms with Crippen molar-refractivity contribution in [1.82, 2.24) is 5.32 Å². The van der Waals surface area contributed by atoms with Gasteiger partial charge in [-0.15, -0.1) is 11.3 Å². The van der Waals surface area contributed by atoms with Crippen LogP contribution in [0.1, 0.15) is 25.6 Å². The van der Waals surface area contributed by atoms with Crippen LogP contribution in [-0.4, -0.2) is 19.3 Å². The third kappa shape index (κ3) is 4.83. The first-order valence-electron chi connectivity index (χ1n) is 5.68. The normalized spacial score (nSPS) is 13.3. The van der Waals surface area contributed by atoms with E-state index in [0.29, 0.717) is 12.0 Å². The Bertz CT molecular complexity index is 301. The van der Waals surface area contributed by atoms with E-state index in [-0.39, 0.29) is 0 Å². The molecule has 1 aromatic rings. The van der Waals surface area contributed by atoms with Gasteiger partial charge < -0.3 is 10.1 Å². The van der Waals surface area contributed by atoms with Crippen LogP contribution in [0, 0.1) is 5.92 Å². The first-order chi connectivity index (χ1) is 7.63. The van der Waals surface area contributed by atoms with Gasteiger partial charge in [0.2, 0.25) is 0 Å². The smallest absolute Gasteiger partial charge is 0.0931 e. The molecule has 1 atom stereocenters. The number of hydrogen-bond acceptors (Lipinski definition) is 3. The van der Waals surface area contributed by atoms with E-state index in [1.165, 1.54) is 4.88 Å². The number of hydrogen-bond donors (Lipinski definition) is 1. The Morgan fingerprint density at radius 3 is 2.69 bits per heavy atom. The molecule has 0 bridgehead atoms. The maximum Gasteiger partial charge on any atom is 0.0931 e. The van der Waals surface area contributed by atoms with Gasteiger partial charge in [-0.3, -0.25) is 0 Å². The highest BCUT2D eigenvalue weighted by Gasteiger charge is 2.12. The van der Waals surface area contributed by atoms with Crippen LogP contribution in [0.4, 0.5) is 0 Å². The van der Waals surface area contributed by atoms with Gasteiger partial charge in [0.05, 0.1) is 10.9 Å². The lowest BCUT2D eigenvalue weighted by molar-refractivity contribution is 0.108. The summed E-state index contributed by atoms with van der Waals surface area (Å²) in [5, 5.41) is 3.51. The minimum atomic E-state index is 0.404. The molecule has 4 heteroatoms. The molecule has 0 saturated heterocycles. The molecule has 0 spiro atoms. The van der Waals surface area contributed by atoms with E-state index < -0.39 is 0 Å². The molecule has 1 N–H and O–H groups in total. The van der Waals surface area contributed by atoms with Crippen LogP contribution in [0.2, 0.25) is 4.34 Å². The highest BCUT2D eigenvalue weighted by Crippen LogP contribution is 2.21. The van der Waals surface area contributed by atoms with E-state index in [1.807, 2.05) is 13.0 Å². The van der Waals surface area contributed by atoms with Gasteiger partial charge in [-0.05, 0) is 25.0 Å². The van der Waals surface area contributed by atoms with E-state index in [1.54, 1.807) is 11.3 Å². The molecule has 1 aromatic heterocycles. The van der Waals surface area contributed by atoms with Crippen molar-refractivity contribution in [2.45, 2.75) is 33.4 Å². The number of halogens is 1. The van der Waals surface area contributed by atoms with Crippen LogP contribution < -0.4 is 5.32 Å². The Kier molecular flexibility index (Phi) is 6.36. The first kappa shape index (κ1) is 14.0. The summed E-state index contributed by atoms with van der Waals surface area (Å²) in [5.41, 5.74) is 0. The molecular formula is C12H20ClNOS. The van der Waals surface area contributed by atoms with Crippen molar-refractivity contribution in [2.24, 2.45) is 5.92 Å². The second-order valence-electron chi connectivity index (χ2n) is 4.10. The van der Waals surface area contributed by atoms with Crippen LogP contribution in [0.25, 0.3) is 0 Å². The summed E-state index contributed by atoms with van der Waals surface area (Å²) >= 11 is 7.52. The van der Waals surface area contributed by atoms with Crippen LogP contribution >= 0.6 is 22.9 Å². The molecule has 2 nitrogen and oxygen atoms in total. The predicted molar refractivity (Wildman–Crippen MR) is 71.3 cm³/mol. The Balaban J connectivity index is 2.37. The lowest BCUT2D eigenvalue weighted by Gasteiger charge is -2.21. The van der Waals surface area contributed by atoms with Crippen LogP contribution in [0.3, 0.4) is 0 Å². The second-order valence-corrected chi connectivity index (χ2v) is 5.90. The summed E-state index contributed by atoms with van der Waals surface area (Å²) < 4.78 is 6.32. The fourth-order valence-corrected chi connectivity index (χ4v) is 2.45. The Morgan fingerprint density at radius 1 is 1.44 bits per heavy atom. The molecule has 1 rings (SSSR count). The summed E-state index contributed by atoms with van der Waals surface area (Å²) in [5.74, 6) is 0.571. The molecule has 0 saturated carbocycles. The van der Waals surface area contributed by atoms with E-state index in [0.717, 1.165) is 24.1 Å². The van der Waals surface area contributed by atoms with Crippen LogP contribution in [0.5, 0.6) is 0 Å². The quantitative estimate of drug-likeness (QED) is 0.811. The van der Waals surface area contributed by atoms with E-state index in [4.69, 9.17) is 16.3 Å². The minimum absolute atomic E-state index is 0.404. The van der Waals surface area contributed by atoms with Crippen molar-refractivity contribution in [1.29, 1.82) is 0 Å². The fraction of sp³-hybridized carbons (Fsp3) is 0.667. The van der Waals surface area contributed by atoms with Gasteiger partial charge in [-0.2, -0.15) is 0 Å². The van der Waals surface area contributed by atoms with Gasteiger partial charge in [-0.25, -0.2) is 0 Å². The van der Waals surface area contributed by atoms with Gasteiger partial charge >= 0.3 is 0 Å². The number of nitrogens with one attached hydrogen (secondary N) is 1. The van der Waals surface area contributed by atoms with Crippen molar-refractivity contribution >= 4 is 22.9 Å². The molecule has 1 heterocycles. The van der Waals surface area contributed by atoms with Gasteiger partial charge in [0.25, 0.3) is 0 Å². The third-order valence-electron chi connectivity index (χ3n) is 2.47. The largest absolute Gasteiger partial charge is 0.380 e. The molecule has 1 unspecified atom stereocenters. The average molecular weight is 262 g/mol. The lowest BCUT2D eigenvalue weighted by atomic mass is 10.1. The fourth-order valence-electron chi connectivity index (χ4n) is 1.41. The summed E-state index contributed by atoms with van der Waals surface area (Å²) in [6.07, 6.45) is 0. The van der Waals surface area contributed by atoms with Crippen LogP contribution in [0.15, 0.2) is 12.1 Å². The van der Waals surface area contributed by atoms with Crippen LogP contribution in [-0.2, 0) is 11.3 Å². The van der Waals surface area contributed by atoms with Gasteiger partial charge in [-0.1, -0.05) is 25.4 Å². The zero-order valence-corrected chi connectivity index (χ0v) is 11.7. The topological polar surface area (TPSA) is 21.3 Å². The monoisotopic (exact) mass is 261 g/mol. The molecule has 0 aliphatic carbocycles. The zero-order chi connectivity index (χ0) is 12.0. The summed E-state index contributed by atoms with van der Waals surface area (Å²) in [7, 11) is 0. The molecule has 0 radical (unpaired) electrons. The Morgan fingerprint density at radius 2 is 2.19 bits per heavy atom. The van der Waals surface area contributed by atoms with E-state index >= 15 is 0 Å². The first-order valence-corrected chi connectivity index (χ1v) is 6.88. The van der Waals surface area contributed by atoms with Crippen molar-refractivity contribution in [3.05, 3.63) is 21.3 Å². The van der Waals surface area contributed by atoms with Crippen molar-refractivity contribution in [3.8, 4) is 0 Å². The molecule has 16 heavy (non-hydrogen) atoms. The molecule has 0 fully saturated rings. The number of rotatable bonds is 7. The second kappa shape index (κ2) is 7.28. The molecule has 0 aliphatic heterocycles. The minimum Gasteiger partial charge on any atom is -0.380 e. The van der Waals surface area contributed by atoms with E-state index in [9.17, 15) is 0 Å². The summed E-state index contributed by atoms with van der Waals surface area (Å²) in [6.45, 7) is 8.85. The molecule has 0 amide bonds. The maximum atomic E-state index is 5.89. The molecule has 0 aromatic carbocycles. The van der Waals surface area contributed by atoms with Gasteiger partial charge in [0.15, 0.2) is 0 Å². The standard InChI is InChI=1S/C12H20ClNOS/c1-4-15-8-11(9(2)3)14-7-10-5-6-12(13)16-10/h5-6,9,11,14H,4,7-8H2,1-3H3. The average Bonchev–Trinajstić information content (AvgIpc) is 2.64. The van der Waals surface area contributed by atoms with Crippen molar-refractivity contribution in [3.63, 3.8) is 0 Å². The number of ether oxygens (including phenoxy) is 1. The SMILES string of the molecule is CCOCC(NCc1ccc(Cl)s1)C(C)C.